The lowest BCUT2D eigenvalue weighted by atomic mass is 9.81. The monoisotopic (exact) mass is 450 g/mol. The van der Waals surface area contributed by atoms with Crippen molar-refractivity contribution in [3.8, 4) is 0 Å². The van der Waals surface area contributed by atoms with E-state index in [-0.39, 0.29) is 23.0 Å². The minimum Gasteiger partial charge on any atom is -0.462 e. The number of piperidine rings is 1. The first-order chi connectivity index (χ1) is 14.4. The number of carbonyl (C=O) groups excluding carboxylic acids is 2. The summed E-state index contributed by atoms with van der Waals surface area (Å²) >= 11 is 1.49. The lowest BCUT2D eigenvalue weighted by Crippen LogP contribution is -2.55. The fourth-order valence-electron chi connectivity index (χ4n) is 4.99. The van der Waals surface area contributed by atoms with Crippen LogP contribution < -0.4 is 10.6 Å². The third kappa shape index (κ3) is 5.48. The maximum atomic E-state index is 12.9. The molecule has 0 atom stereocenters. The zero-order valence-corrected chi connectivity index (χ0v) is 20.9. The largest absolute Gasteiger partial charge is 0.462 e. The SMILES string of the molecule is CCOC(=O)c1c(NC(=O)CN(C)C2CCN(C)CC2)sc2c1CC(C)(C)NC2(C)C. The number of nitrogens with zero attached hydrogens (tertiary/aromatic N) is 2. The predicted octanol–water partition coefficient (Wildman–Crippen LogP) is 3.05. The number of likely N-dealkylation sites (tertiary alicyclic amines) is 1. The summed E-state index contributed by atoms with van der Waals surface area (Å²) in [6.07, 6.45) is 2.84. The average Bonchev–Trinajstić information content (AvgIpc) is 2.99. The van der Waals surface area contributed by atoms with E-state index in [1.165, 1.54) is 11.3 Å². The Hall–Kier alpha value is -1.48. The summed E-state index contributed by atoms with van der Waals surface area (Å²) in [6, 6.07) is 0.409. The van der Waals surface area contributed by atoms with Gasteiger partial charge in [0.05, 0.1) is 18.7 Å². The highest BCUT2D eigenvalue weighted by atomic mass is 32.1. The number of nitrogens with one attached hydrogen (secondary N) is 2. The van der Waals surface area contributed by atoms with E-state index in [4.69, 9.17) is 4.74 Å². The van der Waals surface area contributed by atoms with Crippen LogP contribution in [0.1, 0.15) is 68.3 Å². The van der Waals surface area contributed by atoms with Crippen molar-refractivity contribution < 1.29 is 14.3 Å². The van der Waals surface area contributed by atoms with Gasteiger partial charge >= 0.3 is 5.97 Å². The molecule has 0 aromatic carbocycles. The van der Waals surface area contributed by atoms with E-state index in [1.54, 1.807) is 6.92 Å². The molecule has 174 valence electrons. The molecule has 1 aromatic heterocycles. The number of carbonyl (C=O) groups is 2. The molecule has 1 fully saturated rings. The molecule has 2 N–H and O–H groups in total. The molecule has 7 nitrogen and oxygen atoms in total. The van der Waals surface area contributed by atoms with Gasteiger partial charge in [0, 0.05) is 22.0 Å². The number of amides is 1. The highest BCUT2D eigenvalue weighted by Gasteiger charge is 2.42. The van der Waals surface area contributed by atoms with Crippen molar-refractivity contribution in [2.24, 2.45) is 0 Å². The van der Waals surface area contributed by atoms with Gasteiger partial charge < -0.3 is 20.3 Å². The van der Waals surface area contributed by atoms with E-state index in [0.717, 1.165) is 36.4 Å². The quantitative estimate of drug-likeness (QED) is 0.649. The number of hydrogen-bond acceptors (Lipinski definition) is 7. The Labute approximate surface area is 190 Å². The number of fused-ring (bicyclic) bond motifs is 1. The van der Waals surface area contributed by atoms with Gasteiger partial charge in [0.15, 0.2) is 0 Å². The first-order valence-electron chi connectivity index (χ1n) is 11.2. The summed E-state index contributed by atoms with van der Waals surface area (Å²) in [4.78, 5) is 31.4. The molecule has 0 spiro atoms. The lowest BCUT2D eigenvalue weighted by Gasteiger charge is -2.42. The zero-order valence-electron chi connectivity index (χ0n) is 20.1. The predicted molar refractivity (Wildman–Crippen MR) is 126 cm³/mol. The molecule has 8 heteroatoms. The molecular weight excluding hydrogens is 412 g/mol. The highest BCUT2D eigenvalue weighted by molar-refractivity contribution is 7.17. The van der Waals surface area contributed by atoms with Crippen LogP contribution in [-0.4, -0.2) is 73.6 Å². The highest BCUT2D eigenvalue weighted by Crippen LogP contribution is 2.45. The van der Waals surface area contributed by atoms with E-state index in [0.29, 0.717) is 36.2 Å². The van der Waals surface area contributed by atoms with Crippen LogP contribution in [-0.2, 0) is 21.5 Å². The van der Waals surface area contributed by atoms with Crippen molar-refractivity contribution in [2.75, 3.05) is 45.7 Å². The van der Waals surface area contributed by atoms with Crippen molar-refractivity contribution in [3.63, 3.8) is 0 Å². The number of anilines is 1. The Balaban J connectivity index is 1.83. The van der Waals surface area contributed by atoms with Crippen LogP contribution in [0.5, 0.6) is 0 Å². The third-order valence-electron chi connectivity index (χ3n) is 6.28. The van der Waals surface area contributed by atoms with Gasteiger partial charge in [-0.2, -0.15) is 0 Å². The smallest absolute Gasteiger partial charge is 0.341 e. The lowest BCUT2D eigenvalue weighted by molar-refractivity contribution is -0.117. The summed E-state index contributed by atoms with van der Waals surface area (Å²) in [6.45, 7) is 13.1. The third-order valence-corrected chi connectivity index (χ3v) is 7.75. The zero-order chi connectivity index (χ0) is 23.0. The Kier molecular flexibility index (Phi) is 7.15. The van der Waals surface area contributed by atoms with E-state index >= 15 is 0 Å². The minimum atomic E-state index is -0.354. The molecule has 0 saturated carbocycles. The summed E-state index contributed by atoms with van der Waals surface area (Å²) in [7, 11) is 4.15. The van der Waals surface area contributed by atoms with Gasteiger partial charge in [-0.15, -0.1) is 11.3 Å². The van der Waals surface area contributed by atoms with Gasteiger partial charge in [-0.3, -0.25) is 9.69 Å². The first kappa shape index (κ1) is 24.2. The van der Waals surface area contributed by atoms with Crippen molar-refractivity contribution in [3.05, 3.63) is 16.0 Å². The summed E-state index contributed by atoms with van der Waals surface area (Å²) in [5, 5.41) is 7.32. The van der Waals surface area contributed by atoms with Crippen LogP contribution >= 0.6 is 11.3 Å². The van der Waals surface area contributed by atoms with Crippen LogP contribution in [0.25, 0.3) is 0 Å². The molecular formula is C23H38N4O3S. The van der Waals surface area contributed by atoms with Crippen molar-refractivity contribution in [1.82, 2.24) is 15.1 Å². The van der Waals surface area contributed by atoms with Gasteiger partial charge in [-0.25, -0.2) is 4.79 Å². The number of hydrogen-bond donors (Lipinski definition) is 2. The maximum absolute atomic E-state index is 12.9. The van der Waals surface area contributed by atoms with Gasteiger partial charge in [0.2, 0.25) is 5.91 Å². The number of esters is 1. The molecule has 0 radical (unpaired) electrons. The van der Waals surface area contributed by atoms with E-state index in [9.17, 15) is 9.59 Å². The Bertz CT molecular complexity index is 825. The second kappa shape index (κ2) is 9.17. The number of thiophene rings is 1. The molecule has 1 saturated heterocycles. The van der Waals surface area contributed by atoms with Gasteiger partial charge in [0.25, 0.3) is 0 Å². The second-order valence-electron chi connectivity index (χ2n) is 10.1. The molecule has 0 unspecified atom stereocenters. The number of likely N-dealkylation sites (N-methyl/N-ethyl adjacent to an activating group) is 1. The number of rotatable bonds is 6. The Morgan fingerprint density at radius 1 is 1.26 bits per heavy atom. The number of ether oxygens (including phenoxy) is 1. The van der Waals surface area contributed by atoms with E-state index < -0.39 is 0 Å². The van der Waals surface area contributed by atoms with Crippen LogP contribution in [0.3, 0.4) is 0 Å². The molecule has 0 aliphatic carbocycles. The molecule has 1 aromatic rings. The van der Waals surface area contributed by atoms with Gasteiger partial charge in [0.1, 0.15) is 5.00 Å². The topological polar surface area (TPSA) is 73.9 Å². The molecule has 2 aliphatic rings. The van der Waals surface area contributed by atoms with Crippen molar-refractivity contribution in [1.29, 1.82) is 0 Å². The molecule has 2 aliphatic heterocycles. The summed E-state index contributed by atoms with van der Waals surface area (Å²) in [5.74, 6) is -0.442. The first-order valence-corrected chi connectivity index (χ1v) is 12.1. The Morgan fingerprint density at radius 3 is 2.52 bits per heavy atom. The molecule has 3 rings (SSSR count). The minimum absolute atomic E-state index is 0.0874. The standard InChI is InChI=1S/C23H38N4O3S/c1-8-30-21(29)18-16-13-22(2,3)25-23(4,5)19(16)31-20(18)24-17(28)14-27(7)15-9-11-26(6)12-10-15/h15,25H,8-14H2,1-7H3,(H,24,28). The Morgan fingerprint density at radius 2 is 1.90 bits per heavy atom. The van der Waals surface area contributed by atoms with Crippen LogP contribution in [0.2, 0.25) is 0 Å². The van der Waals surface area contributed by atoms with Gasteiger partial charge in [-0.1, -0.05) is 0 Å². The molecule has 31 heavy (non-hydrogen) atoms. The summed E-state index contributed by atoms with van der Waals surface area (Å²) in [5.41, 5.74) is 1.07. The van der Waals surface area contributed by atoms with Crippen molar-refractivity contribution >= 4 is 28.2 Å². The normalized spacial score (nSPS) is 21.0. The maximum Gasteiger partial charge on any atom is 0.341 e. The van der Waals surface area contributed by atoms with Crippen LogP contribution in [0.4, 0.5) is 5.00 Å². The average molecular weight is 451 g/mol. The molecule has 0 bridgehead atoms. The fraction of sp³-hybridized carbons (Fsp3) is 0.739. The second-order valence-corrected chi connectivity index (χ2v) is 11.2. The van der Waals surface area contributed by atoms with E-state index in [2.05, 4.69) is 55.2 Å². The van der Waals surface area contributed by atoms with Crippen LogP contribution in [0, 0.1) is 0 Å². The van der Waals surface area contributed by atoms with Gasteiger partial charge in [-0.05, 0) is 86.6 Å². The molecule has 1 amide bonds. The van der Waals surface area contributed by atoms with E-state index in [1.807, 2.05) is 7.05 Å². The van der Waals surface area contributed by atoms with Crippen molar-refractivity contribution in [2.45, 2.75) is 71.0 Å². The fourth-order valence-corrected chi connectivity index (χ4v) is 6.27. The summed E-state index contributed by atoms with van der Waals surface area (Å²) < 4.78 is 5.38. The molecule has 3 heterocycles. The van der Waals surface area contributed by atoms with Crippen LogP contribution in [0.15, 0.2) is 0 Å².